The van der Waals surface area contributed by atoms with Crippen LogP contribution in [0.3, 0.4) is 0 Å². The lowest BCUT2D eigenvalue weighted by Crippen LogP contribution is -2.46. The van der Waals surface area contributed by atoms with Crippen molar-refractivity contribution < 1.29 is 24.2 Å². The molecule has 0 aliphatic heterocycles. The number of carbonyl (C=O) groups is 2. The molecule has 1 amide bonds. The molecule has 1 unspecified atom stereocenters. The Hall–Kier alpha value is -1.30. The van der Waals surface area contributed by atoms with Crippen LogP contribution < -0.4 is 5.32 Å². The van der Waals surface area contributed by atoms with Gasteiger partial charge in [-0.05, 0) is 51.9 Å². The Bertz CT molecular complexity index is 415. The third kappa shape index (κ3) is 11.0. The summed E-state index contributed by atoms with van der Waals surface area (Å²) in [6, 6.07) is 0. The van der Waals surface area contributed by atoms with E-state index < -0.39 is 23.1 Å². The molecule has 1 atom stereocenters. The van der Waals surface area contributed by atoms with Crippen molar-refractivity contribution in [1.82, 2.24) is 5.32 Å². The number of amides is 1. The van der Waals surface area contributed by atoms with Crippen LogP contribution >= 0.6 is 0 Å². The number of alkyl carbamates (subject to hydrolysis) is 1. The molecule has 0 bridgehead atoms. The van der Waals surface area contributed by atoms with E-state index in [4.69, 9.17) is 9.47 Å². The fourth-order valence-corrected chi connectivity index (χ4v) is 2.56. The molecule has 0 saturated carbocycles. The Morgan fingerprint density at radius 1 is 1.04 bits per heavy atom. The number of nitrogens with one attached hydrogen (secondary N) is 1. The third-order valence-electron chi connectivity index (χ3n) is 3.79. The Morgan fingerprint density at radius 3 is 2.08 bits per heavy atom. The van der Waals surface area contributed by atoms with Gasteiger partial charge in [0.05, 0.1) is 5.41 Å². The molecule has 0 aliphatic rings. The second-order valence-corrected chi connectivity index (χ2v) is 8.58. The normalized spacial score (nSPS) is 14.4. The number of carboxylic acids is 1. The van der Waals surface area contributed by atoms with Crippen LogP contribution in [0.5, 0.6) is 0 Å². The number of rotatable bonds is 11. The summed E-state index contributed by atoms with van der Waals surface area (Å²) in [6.45, 7) is 14.5. The van der Waals surface area contributed by atoms with Crippen LogP contribution in [0, 0.1) is 17.3 Å². The van der Waals surface area contributed by atoms with Crippen LogP contribution in [0.1, 0.15) is 67.7 Å². The standard InChI is InChI=1S/C19H37NO5/c1-14(2)8-10-24-11-9-19(16(21)22,12-15(3)4)13-20-17(23)25-18(5,6)7/h14-15H,8-13H2,1-7H3,(H,20,23)(H,21,22). The van der Waals surface area contributed by atoms with E-state index in [0.717, 1.165) is 6.42 Å². The summed E-state index contributed by atoms with van der Waals surface area (Å²) in [6.07, 6.45) is 1.17. The van der Waals surface area contributed by atoms with Crippen LogP contribution in [0.4, 0.5) is 4.79 Å². The molecule has 0 heterocycles. The van der Waals surface area contributed by atoms with Gasteiger partial charge in [-0.15, -0.1) is 0 Å². The first-order valence-corrected chi connectivity index (χ1v) is 9.16. The predicted molar refractivity (Wildman–Crippen MR) is 98.7 cm³/mol. The van der Waals surface area contributed by atoms with Crippen molar-refractivity contribution >= 4 is 12.1 Å². The van der Waals surface area contributed by atoms with Gasteiger partial charge in [0.1, 0.15) is 5.60 Å². The van der Waals surface area contributed by atoms with Gasteiger partial charge in [-0.2, -0.15) is 0 Å². The fourth-order valence-electron chi connectivity index (χ4n) is 2.56. The van der Waals surface area contributed by atoms with E-state index in [-0.39, 0.29) is 12.5 Å². The maximum atomic E-state index is 12.0. The van der Waals surface area contributed by atoms with Gasteiger partial charge >= 0.3 is 12.1 Å². The molecule has 2 N–H and O–H groups in total. The van der Waals surface area contributed by atoms with Gasteiger partial charge in [0.25, 0.3) is 0 Å². The lowest BCUT2D eigenvalue weighted by molar-refractivity contribution is -0.151. The quantitative estimate of drug-likeness (QED) is 0.543. The second kappa shape index (κ2) is 10.6. The highest BCUT2D eigenvalue weighted by atomic mass is 16.6. The fraction of sp³-hybridized carbons (Fsp3) is 0.895. The molecule has 148 valence electrons. The number of carbonyl (C=O) groups excluding carboxylic acids is 1. The van der Waals surface area contributed by atoms with E-state index in [0.29, 0.717) is 32.0 Å². The summed E-state index contributed by atoms with van der Waals surface area (Å²) in [5.74, 6) is -0.175. The van der Waals surface area contributed by atoms with Crippen LogP contribution in [0.15, 0.2) is 0 Å². The van der Waals surface area contributed by atoms with E-state index in [1.165, 1.54) is 0 Å². The number of hydrogen-bond acceptors (Lipinski definition) is 4. The number of hydrogen-bond donors (Lipinski definition) is 2. The SMILES string of the molecule is CC(C)CCOCCC(CNC(=O)OC(C)(C)C)(CC(C)C)C(=O)O. The zero-order valence-corrected chi connectivity index (χ0v) is 17.0. The molecule has 6 nitrogen and oxygen atoms in total. The summed E-state index contributed by atoms with van der Waals surface area (Å²) in [5, 5.41) is 12.4. The lowest BCUT2D eigenvalue weighted by atomic mass is 9.77. The monoisotopic (exact) mass is 359 g/mol. The minimum absolute atomic E-state index is 0.0307. The van der Waals surface area contributed by atoms with Crippen molar-refractivity contribution in [2.45, 2.75) is 73.3 Å². The highest BCUT2D eigenvalue weighted by Crippen LogP contribution is 2.31. The summed E-state index contributed by atoms with van der Waals surface area (Å²) < 4.78 is 10.8. The van der Waals surface area contributed by atoms with Gasteiger partial charge in [-0.3, -0.25) is 4.79 Å². The zero-order chi connectivity index (χ0) is 19.7. The average Bonchev–Trinajstić information content (AvgIpc) is 2.41. The molecule has 0 saturated heterocycles. The highest BCUT2D eigenvalue weighted by Gasteiger charge is 2.39. The topological polar surface area (TPSA) is 84.9 Å². The highest BCUT2D eigenvalue weighted by molar-refractivity contribution is 5.76. The van der Waals surface area contributed by atoms with Crippen molar-refractivity contribution in [3.63, 3.8) is 0 Å². The average molecular weight is 360 g/mol. The van der Waals surface area contributed by atoms with E-state index in [2.05, 4.69) is 19.2 Å². The zero-order valence-electron chi connectivity index (χ0n) is 17.0. The van der Waals surface area contributed by atoms with E-state index >= 15 is 0 Å². The predicted octanol–water partition coefficient (Wildman–Crippen LogP) is 4.08. The van der Waals surface area contributed by atoms with Crippen molar-refractivity contribution in [2.24, 2.45) is 17.3 Å². The van der Waals surface area contributed by atoms with E-state index in [9.17, 15) is 14.7 Å². The van der Waals surface area contributed by atoms with Gasteiger partial charge in [0.15, 0.2) is 0 Å². The maximum absolute atomic E-state index is 12.0. The molecule has 0 aromatic carbocycles. The summed E-state index contributed by atoms with van der Waals surface area (Å²) in [7, 11) is 0. The van der Waals surface area contributed by atoms with E-state index in [1.807, 2.05) is 13.8 Å². The minimum atomic E-state index is -1.05. The minimum Gasteiger partial charge on any atom is -0.481 e. The van der Waals surface area contributed by atoms with Crippen molar-refractivity contribution in [3.8, 4) is 0 Å². The molecule has 6 heteroatoms. The summed E-state index contributed by atoms with van der Waals surface area (Å²) in [5.41, 5.74) is -1.67. The maximum Gasteiger partial charge on any atom is 0.407 e. The molecular formula is C19H37NO5. The Balaban J connectivity index is 4.82. The molecule has 0 fully saturated rings. The van der Waals surface area contributed by atoms with Crippen molar-refractivity contribution in [3.05, 3.63) is 0 Å². The first kappa shape index (κ1) is 23.7. The van der Waals surface area contributed by atoms with Crippen molar-refractivity contribution in [1.29, 1.82) is 0 Å². The van der Waals surface area contributed by atoms with Crippen molar-refractivity contribution in [2.75, 3.05) is 19.8 Å². The first-order valence-electron chi connectivity index (χ1n) is 9.16. The Morgan fingerprint density at radius 2 is 1.64 bits per heavy atom. The largest absolute Gasteiger partial charge is 0.481 e. The molecule has 0 rings (SSSR count). The Kier molecular flexibility index (Phi) is 10.1. The van der Waals surface area contributed by atoms with Gasteiger partial charge in [0.2, 0.25) is 0 Å². The summed E-state index contributed by atoms with van der Waals surface area (Å²) in [4.78, 5) is 23.9. The van der Waals surface area contributed by atoms with Crippen LogP contribution in [0.25, 0.3) is 0 Å². The lowest BCUT2D eigenvalue weighted by Gasteiger charge is -2.32. The molecule has 0 aromatic heterocycles. The van der Waals surface area contributed by atoms with Gasteiger partial charge in [-0.25, -0.2) is 4.79 Å². The molecule has 0 spiro atoms. The van der Waals surface area contributed by atoms with Gasteiger partial charge in [-0.1, -0.05) is 27.7 Å². The molecule has 0 aliphatic carbocycles. The van der Waals surface area contributed by atoms with Crippen LogP contribution in [-0.2, 0) is 14.3 Å². The molecule has 0 radical (unpaired) electrons. The number of carboxylic acid groups (broad SMARTS) is 1. The molecule has 25 heavy (non-hydrogen) atoms. The number of aliphatic carboxylic acids is 1. The number of ether oxygens (including phenoxy) is 2. The van der Waals surface area contributed by atoms with Crippen LogP contribution in [-0.4, -0.2) is 42.5 Å². The Labute approximate surface area is 152 Å². The smallest absolute Gasteiger partial charge is 0.407 e. The van der Waals surface area contributed by atoms with Crippen LogP contribution in [0.2, 0.25) is 0 Å². The second-order valence-electron chi connectivity index (χ2n) is 8.58. The van der Waals surface area contributed by atoms with Gasteiger partial charge < -0.3 is 19.9 Å². The summed E-state index contributed by atoms with van der Waals surface area (Å²) >= 11 is 0. The first-order chi connectivity index (χ1) is 11.4. The van der Waals surface area contributed by atoms with Gasteiger partial charge in [0, 0.05) is 19.8 Å². The van der Waals surface area contributed by atoms with E-state index in [1.54, 1.807) is 20.8 Å². The molecule has 0 aromatic rings. The third-order valence-corrected chi connectivity index (χ3v) is 3.79. The molecular weight excluding hydrogens is 322 g/mol.